The molecule has 0 bridgehead atoms. The summed E-state index contributed by atoms with van der Waals surface area (Å²) in [5.41, 5.74) is 9.83. The van der Waals surface area contributed by atoms with Gasteiger partial charge in [-0.3, -0.25) is 0 Å². The number of aryl methyl sites for hydroxylation is 2. The first-order chi connectivity index (χ1) is 9.74. The van der Waals surface area contributed by atoms with Gasteiger partial charge in [0.1, 0.15) is 0 Å². The Morgan fingerprint density at radius 2 is 1.70 bits per heavy atom. The van der Waals surface area contributed by atoms with Crippen molar-refractivity contribution < 1.29 is 0 Å². The molecule has 0 nitrogen and oxygen atoms in total. The first-order valence-electron chi connectivity index (χ1n) is 7.51. The fourth-order valence-corrected chi connectivity index (χ4v) is 3.06. The summed E-state index contributed by atoms with van der Waals surface area (Å²) in [5.74, 6) is 0. The Kier molecular flexibility index (Phi) is 3.48. The molecular weight excluding hydrogens is 240 g/mol. The Morgan fingerprint density at radius 1 is 0.900 bits per heavy atom. The SMILES string of the molecule is CCC1=Cc2c(ccc(CC)c2-c2ccccc2C)[CH]1. The van der Waals surface area contributed by atoms with Crippen molar-refractivity contribution in [2.75, 3.05) is 0 Å². The Hall–Kier alpha value is -1.82. The van der Waals surface area contributed by atoms with E-state index in [9.17, 15) is 0 Å². The van der Waals surface area contributed by atoms with Crippen LogP contribution in [0.15, 0.2) is 42.0 Å². The Labute approximate surface area is 122 Å². The van der Waals surface area contributed by atoms with Crippen molar-refractivity contribution in [1.29, 1.82) is 0 Å². The van der Waals surface area contributed by atoms with E-state index in [2.05, 4.69) is 69.7 Å². The fraction of sp³-hybridized carbons (Fsp3) is 0.250. The van der Waals surface area contributed by atoms with Crippen LogP contribution in [0.2, 0.25) is 0 Å². The predicted octanol–water partition coefficient (Wildman–Crippen LogP) is 5.58. The van der Waals surface area contributed by atoms with Gasteiger partial charge in [-0.2, -0.15) is 0 Å². The molecule has 0 fully saturated rings. The highest BCUT2D eigenvalue weighted by atomic mass is 14.2. The molecule has 0 N–H and O–H groups in total. The van der Waals surface area contributed by atoms with Crippen LogP contribution in [0, 0.1) is 13.3 Å². The molecular formula is C20H21. The lowest BCUT2D eigenvalue weighted by Gasteiger charge is -2.15. The summed E-state index contributed by atoms with van der Waals surface area (Å²) in [6.07, 6.45) is 6.88. The van der Waals surface area contributed by atoms with Gasteiger partial charge in [0.2, 0.25) is 0 Å². The molecule has 20 heavy (non-hydrogen) atoms. The lowest BCUT2D eigenvalue weighted by molar-refractivity contribution is 1.13. The standard InChI is InChI=1S/C20H21/c1-4-15-12-17-11-10-16(5-2)20(19(17)13-15)18-9-7-6-8-14(18)3/h6-13H,4-5H2,1-3H3. The van der Waals surface area contributed by atoms with Gasteiger partial charge in [-0.05, 0) is 53.1 Å². The van der Waals surface area contributed by atoms with Gasteiger partial charge < -0.3 is 0 Å². The van der Waals surface area contributed by atoms with Crippen molar-refractivity contribution in [1.82, 2.24) is 0 Å². The van der Waals surface area contributed by atoms with Crippen LogP contribution in [-0.2, 0) is 6.42 Å². The summed E-state index contributed by atoms with van der Waals surface area (Å²) in [7, 11) is 0. The summed E-state index contributed by atoms with van der Waals surface area (Å²) in [6.45, 7) is 6.67. The number of hydrogen-bond donors (Lipinski definition) is 0. The third-order valence-electron chi connectivity index (χ3n) is 4.24. The van der Waals surface area contributed by atoms with Crippen LogP contribution in [0.1, 0.15) is 42.5 Å². The second kappa shape index (κ2) is 5.28. The molecule has 0 aromatic heterocycles. The molecule has 0 heteroatoms. The summed E-state index contributed by atoms with van der Waals surface area (Å²) in [4.78, 5) is 0. The second-order valence-corrected chi connectivity index (χ2v) is 5.49. The fourth-order valence-electron chi connectivity index (χ4n) is 3.06. The van der Waals surface area contributed by atoms with E-state index in [-0.39, 0.29) is 0 Å². The van der Waals surface area contributed by atoms with E-state index in [1.165, 1.54) is 39.0 Å². The molecule has 0 spiro atoms. The summed E-state index contributed by atoms with van der Waals surface area (Å²) in [6, 6.07) is 13.3. The van der Waals surface area contributed by atoms with Gasteiger partial charge >= 0.3 is 0 Å². The van der Waals surface area contributed by atoms with Crippen molar-refractivity contribution in [3.05, 3.63) is 70.6 Å². The van der Waals surface area contributed by atoms with Gasteiger partial charge in [0.25, 0.3) is 0 Å². The molecule has 1 aliphatic carbocycles. The number of fused-ring (bicyclic) bond motifs is 1. The van der Waals surface area contributed by atoms with Gasteiger partial charge in [0.15, 0.2) is 0 Å². The van der Waals surface area contributed by atoms with Crippen LogP contribution in [0.3, 0.4) is 0 Å². The second-order valence-electron chi connectivity index (χ2n) is 5.49. The third-order valence-corrected chi connectivity index (χ3v) is 4.24. The molecule has 0 aliphatic heterocycles. The zero-order valence-corrected chi connectivity index (χ0v) is 12.5. The van der Waals surface area contributed by atoms with Crippen molar-refractivity contribution in [3.8, 4) is 11.1 Å². The minimum absolute atomic E-state index is 1.08. The molecule has 1 radical (unpaired) electrons. The molecule has 0 heterocycles. The van der Waals surface area contributed by atoms with Crippen molar-refractivity contribution in [2.24, 2.45) is 0 Å². The molecule has 3 rings (SSSR count). The zero-order valence-electron chi connectivity index (χ0n) is 12.5. The monoisotopic (exact) mass is 261 g/mol. The third kappa shape index (κ3) is 2.10. The number of rotatable bonds is 3. The smallest absolute Gasteiger partial charge is 0.0164 e. The Bertz CT molecular complexity index is 674. The molecule has 0 saturated carbocycles. The van der Waals surface area contributed by atoms with Gasteiger partial charge in [-0.1, -0.05) is 61.9 Å². The maximum atomic E-state index is 2.37. The summed E-state index contributed by atoms with van der Waals surface area (Å²) < 4.78 is 0. The summed E-state index contributed by atoms with van der Waals surface area (Å²) in [5, 5.41) is 0. The first kappa shape index (κ1) is 13.2. The maximum Gasteiger partial charge on any atom is 0.0164 e. The maximum absolute atomic E-state index is 2.37. The molecule has 0 amide bonds. The van der Waals surface area contributed by atoms with Gasteiger partial charge in [-0.15, -0.1) is 0 Å². The highest BCUT2D eigenvalue weighted by Gasteiger charge is 2.19. The first-order valence-corrected chi connectivity index (χ1v) is 7.51. The lowest BCUT2D eigenvalue weighted by atomic mass is 9.89. The van der Waals surface area contributed by atoms with Crippen LogP contribution < -0.4 is 0 Å². The van der Waals surface area contributed by atoms with E-state index in [0.29, 0.717) is 0 Å². The van der Waals surface area contributed by atoms with Gasteiger partial charge in [0, 0.05) is 6.42 Å². The normalized spacial score (nSPS) is 13.2. The van der Waals surface area contributed by atoms with E-state index in [4.69, 9.17) is 0 Å². The van der Waals surface area contributed by atoms with E-state index in [1.807, 2.05) is 0 Å². The van der Waals surface area contributed by atoms with E-state index < -0.39 is 0 Å². The van der Waals surface area contributed by atoms with Crippen molar-refractivity contribution in [3.63, 3.8) is 0 Å². The van der Waals surface area contributed by atoms with E-state index in [0.717, 1.165) is 12.8 Å². The number of allylic oxidation sites excluding steroid dienone is 1. The average Bonchev–Trinajstić information content (AvgIpc) is 2.90. The predicted molar refractivity (Wildman–Crippen MR) is 87.7 cm³/mol. The average molecular weight is 261 g/mol. The molecule has 2 aromatic rings. The molecule has 0 saturated heterocycles. The minimum Gasteiger partial charge on any atom is -0.0620 e. The van der Waals surface area contributed by atoms with Gasteiger partial charge in [-0.25, -0.2) is 0 Å². The highest BCUT2D eigenvalue weighted by Crippen LogP contribution is 2.39. The Balaban J connectivity index is 2.27. The molecule has 101 valence electrons. The van der Waals surface area contributed by atoms with E-state index >= 15 is 0 Å². The zero-order chi connectivity index (χ0) is 14.1. The van der Waals surface area contributed by atoms with Crippen LogP contribution in [0.4, 0.5) is 0 Å². The van der Waals surface area contributed by atoms with Crippen LogP contribution in [0.5, 0.6) is 0 Å². The number of benzene rings is 2. The van der Waals surface area contributed by atoms with E-state index in [1.54, 1.807) is 0 Å². The topological polar surface area (TPSA) is 0 Å². The quantitative estimate of drug-likeness (QED) is 0.676. The molecule has 2 aromatic carbocycles. The van der Waals surface area contributed by atoms with Crippen LogP contribution in [-0.4, -0.2) is 0 Å². The molecule has 0 unspecified atom stereocenters. The molecule has 0 atom stereocenters. The van der Waals surface area contributed by atoms with Crippen LogP contribution in [0.25, 0.3) is 17.2 Å². The Morgan fingerprint density at radius 3 is 2.40 bits per heavy atom. The summed E-state index contributed by atoms with van der Waals surface area (Å²) >= 11 is 0. The van der Waals surface area contributed by atoms with Gasteiger partial charge in [0.05, 0.1) is 0 Å². The van der Waals surface area contributed by atoms with Crippen LogP contribution >= 0.6 is 0 Å². The largest absolute Gasteiger partial charge is 0.0620 e. The lowest BCUT2D eigenvalue weighted by Crippen LogP contribution is -1.95. The minimum atomic E-state index is 1.08. The highest BCUT2D eigenvalue weighted by molar-refractivity contribution is 5.86. The number of hydrogen-bond acceptors (Lipinski definition) is 0. The van der Waals surface area contributed by atoms with Crippen molar-refractivity contribution in [2.45, 2.75) is 33.6 Å². The molecule has 1 aliphatic rings. The van der Waals surface area contributed by atoms with Crippen molar-refractivity contribution >= 4 is 6.08 Å².